The Hall–Kier alpha value is -0.800. The molecule has 82 valence electrons. The van der Waals surface area contributed by atoms with Crippen molar-refractivity contribution in [1.29, 1.82) is 0 Å². The number of hydrogen-bond acceptors (Lipinski definition) is 2. The van der Waals surface area contributed by atoms with E-state index in [1.165, 1.54) is 5.56 Å². The van der Waals surface area contributed by atoms with Gasteiger partial charge in [0, 0.05) is 0 Å². The van der Waals surface area contributed by atoms with Gasteiger partial charge in [-0.05, 0) is 33.3 Å². The smallest absolute Gasteiger partial charge is 0.144 e. The molecule has 1 rings (SSSR count). The summed E-state index contributed by atoms with van der Waals surface area (Å²) < 4.78 is 15.4. The van der Waals surface area contributed by atoms with Gasteiger partial charge in [0.15, 0.2) is 0 Å². The van der Waals surface area contributed by atoms with Gasteiger partial charge >= 0.3 is 0 Å². The van der Waals surface area contributed by atoms with Crippen molar-refractivity contribution in [3.63, 3.8) is 0 Å². The first kappa shape index (κ1) is 12.3. The fraction of sp³-hybridized carbons (Fsp3) is 0.417. The molecule has 0 aliphatic heterocycles. The number of benzene rings is 1. The lowest BCUT2D eigenvalue weighted by molar-refractivity contribution is 0.562. The highest BCUT2D eigenvalue weighted by molar-refractivity contribution is 7.91. The molecule has 15 heavy (non-hydrogen) atoms. The molecule has 0 aliphatic carbocycles. The fourth-order valence-corrected chi connectivity index (χ4v) is 1.45. The molecule has 0 fully saturated rings. The standard InChI is InChI=1S/C12H17NOS/c1-10-5-7-11(8-6-10)9-13-15(14)12(2,3)4/h5-9H,1-4H3. The van der Waals surface area contributed by atoms with E-state index in [2.05, 4.69) is 4.40 Å². The lowest BCUT2D eigenvalue weighted by Gasteiger charge is -2.17. The molecule has 0 aromatic heterocycles. The minimum atomic E-state index is -1.17. The average Bonchev–Trinajstić information content (AvgIpc) is 2.15. The quantitative estimate of drug-likeness (QED) is 0.561. The van der Waals surface area contributed by atoms with Crippen molar-refractivity contribution in [3.05, 3.63) is 35.4 Å². The van der Waals surface area contributed by atoms with Crippen LogP contribution in [-0.4, -0.2) is 15.5 Å². The van der Waals surface area contributed by atoms with Crippen molar-refractivity contribution in [1.82, 2.24) is 0 Å². The average molecular weight is 223 g/mol. The van der Waals surface area contributed by atoms with E-state index < -0.39 is 11.4 Å². The lowest BCUT2D eigenvalue weighted by Crippen LogP contribution is -2.25. The van der Waals surface area contributed by atoms with E-state index in [0.29, 0.717) is 0 Å². The molecule has 0 spiro atoms. The first-order chi connectivity index (χ1) is 6.89. The van der Waals surface area contributed by atoms with Crippen LogP contribution in [0.2, 0.25) is 0 Å². The van der Waals surface area contributed by atoms with E-state index in [-0.39, 0.29) is 4.75 Å². The maximum absolute atomic E-state index is 11.6. The summed E-state index contributed by atoms with van der Waals surface area (Å²) in [6.45, 7) is 7.77. The molecule has 1 atom stereocenters. The second-order valence-electron chi connectivity index (χ2n) is 4.51. The number of rotatable bonds is 2. The Kier molecular flexibility index (Phi) is 3.94. The molecule has 0 amide bonds. The third-order valence-electron chi connectivity index (χ3n) is 1.90. The molecule has 1 aromatic rings. The minimum absolute atomic E-state index is 0.290. The topological polar surface area (TPSA) is 35.4 Å². The van der Waals surface area contributed by atoms with Crippen LogP contribution in [0.15, 0.2) is 28.7 Å². The van der Waals surface area contributed by atoms with E-state index in [9.17, 15) is 4.55 Å². The molecular weight excluding hydrogens is 206 g/mol. The molecule has 0 N–H and O–H groups in total. The maximum atomic E-state index is 11.6. The van der Waals surface area contributed by atoms with Crippen molar-refractivity contribution in [3.8, 4) is 0 Å². The largest absolute Gasteiger partial charge is 0.591 e. The van der Waals surface area contributed by atoms with Crippen molar-refractivity contribution < 1.29 is 4.55 Å². The zero-order valence-corrected chi connectivity index (χ0v) is 10.5. The Morgan fingerprint density at radius 3 is 2.20 bits per heavy atom. The molecule has 1 unspecified atom stereocenters. The van der Waals surface area contributed by atoms with Crippen molar-refractivity contribution in [2.24, 2.45) is 4.40 Å². The summed E-state index contributed by atoms with van der Waals surface area (Å²) >= 11 is -1.17. The predicted molar refractivity (Wildman–Crippen MR) is 66.7 cm³/mol. The van der Waals surface area contributed by atoms with Crippen LogP contribution < -0.4 is 0 Å². The molecular formula is C12H17NOS. The monoisotopic (exact) mass is 223 g/mol. The molecule has 0 bridgehead atoms. The fourth-order valence-electron chi connectivity index (χ4n) is 0.919. The van der Waals surface area contributed by atoms with E-state index in [1.54, 1.807) is 6.21 Å². The summed E-state index contributed by atoms with van der Waals surface area (Å²) in [4.78, 5) is 0. The van der Waals surface area contributed by atoms with E-state index in [1.807, 2.05) is 52.0 Å². The van der Waals surface area contributed by atoms with Gasteiger partial charge in [0.1, 0.15) is 16.1 Å². The van der Waals surface area contributed by atoms with Crippen LogP contribution in [0, 0.1) is 6.92 Å². The Morgan fingerprint density at radius 1 is 1.20 bits per heavy atom. The summed E-state index contributed by atoms with van der Waals surface area (Å²) in [5, 5.41) is 0. The van der Waals surface area contributed by atoms with E-state index >= 15 is 0 Å². The Bertz CT molecular complexity index is 338. The van der Waals surface area contributed by atoms with E-state index in [0.717, 1.165) is 5.56 Å². The van der Waals surface area contributed by atoms with Gasteiger partial charge in [-0.25, -0.2) is 0 Å². The molecule has 0 aliphatic rings. The Balaban J connectivity index is 2.70. The summed E-state index contributed by atoms with van der Waals surface area (Å²) in [5.74, 6) is 0. The summed E-state index contributed by atoms with van der Waals surface area (Å²) in [6, 6.07) is 7.97. The Labute approximate surface area is 94.7 Å². The number of aryl methyl sites for hydroxylation is 1. The zero-order chi connectivity index (χ0) is 11.5. The van der Waals surface area contributed by atoms with Gasteiger partial charge in [-0.3, -0.25) is 0 Å². The van der Waals surface area contributed by atoms with Gasteiger partial charge in [-0.1, -0.05) is 34.2 Å². The van der Waals surface area contributed by atoms with Crippen LogP contribution >= 0.6 is 0 Å². The van der Waals surface area contributed by atoms with Crippen LogP contribution in [0.3, 0.4) is 0 Å². The molecule has 0 saturated carbocycles. The normalized spacial score (nSPS) is 14.5. The summed E-state index contributed by atoms with van der Waals surface area (Å²) in [6.07, 6.45) is 1.67. The van der Waals surface area contributed by atoms with Crippen LogP contribution in [0.4, 0.5) is 0 Å². The Morgan fingerprint density at radius 2 is 1.73 bits per heavy atom. The van der Waals surface area contributed by atoms with Gasteiger partial charge in [-0.15, -0.1) is 0 Å². The highest BCUT2D eigenvalue weighted by Gasteiger charge is 2.25. The summed E-state index contributed by atoms with van der Waals surface area (Å²) in [7, 11) is 0. The van der Waals surface area contributed by atoms with Crippen molar-refractivity contribution >= 4 is 17.6 Å². The zero-order valence-electron chi connectivity index (χ0n) is 9.65. The van der Waals surface area contributed by atoms with Gasteiger partial charge in [0.05, 0.1) is 6.21 Å². The molecule has 0 radical (unpaired) electrons. The highest BCUT2D eigenvalue weighted by Crippen LogP contribution is 2.16. The van der Waals surface area contributed by atoms with Gasteiger partial charge in [0.25, 0.3) is 0 Å². The van der Waals surface area contributed by atoms with Gasteiger partial charge in [-0.2, -0.15) is 0 Å². The van der Waals surface area contributed by atoms with Crippen molar-refractivity contribution in [2.75, 3.05) is 0 Å². The predicted octanol–water partition coefficient (Wildman–Crippen LogP) is 2.88. The molecule has 3 heteroatoms. The highest BCUT2D eigenvalue weighted by atomic mass is 32.2. The molecule has 0 heterocycles. The third kappa shape index (κ3) is 4.06. The van der Waals surface area contributed by atoms with Gasteiger partial charge < -0.3 is 4.55 Å². The molecule has 1 aromatic carbocycles. The third-order valence-corrected chi connectivity index (χ3v) is 3.24. The van der Waals surface area contributed by atoms with Gasteiger partial charge in [0.2, 0.25) is 0 Å². The number of nitrogens with zero attached hydrogens (tertiary/aromatic N) is 1. The SMILES string of the molecule is Cc1ccc(C=N[S+]([O-])C(C)(C)C)cc1. The minimum Gasteiger partial charge on any atom is -0.591 e. The van der Waals surface area contributed by atoms with Crippen LogP contribution in [0.5, 0.6) is 0 Å². The summed E-state index contributed by atoms with van der Waals surface area (Å²) in [5.41, 5.74) is 2.20. The number of hydrogen-bond donors (Lipinski definition) is 0. The maximum Gasteiger partial charge on any atom is 0.144 e. The van der Waals surface area contributed by atoms with E-state index in [4.69, 9.17) is 0 Å². The lowest BCUT2D eigenvalue weighted by atomic mass is 10.2. The van der Waals surface area contributed by atoms with Crippen LogP contribution in [0.25, 0.3) is 0 Å². The first-order valence-electron chi connectivity index (χ1n) is 4.92. The van der Waals surface area contributed by atoms with Crippen LogP contribution in [-0.2, 0) is 11.4 Å². The molecule has 0 saturated heterocycles. The molecule has 2 nitrogen and oxygen atoms in total. The second-order valence-corrected chi connectivity index (χ2v) is 6.44. The first-order valence-corrected chi connectivity index (χ1v) is 6.03. The van der Waals surface area contributed by atoms with Crippen LogP contribution in [0.1, 0.15) is 31.9 Å². The second kappa shape index (κ2) is 4.81. The van der Waals surface area contributed by atoms with Crippen molar-refractivity contribution in [2.45, 2.75) is 32.4 Å².